The molecule has 1 amide bonds. The van der Waals surface area contributed by atoms with Crippen molar-refractivity contribution in [2.24, 2.45) is 5.92 Å². The minimum Gasteiger partial charge on any atom is -0.493 e. The van der Waals surface area contributed by atoms with Gasteiger partial charge in [-0.05, 0) is 61.8 Å². The van der Waals surface area contributed by atoms with Gasteiger partial charge in [-0.2, -0.15) is 0 Å². The predicted molar refractivity (Wildman–Crippen MR) is 104 cm³/mol. The molecule has 2 aromatic rings. The lowest BCUT2D eigenvalue weighted by molar-refractivity contribution is 0.0660. The van der Waals surface area contributed by atoms with E-state index in [1.165, 1.54) is 0 Å². The number of hydrogen-bond acceptors (Lipinski definition) is 3. The van der Waals surface area contributed by atoms with Crippen LogP contribution in [-0.2, 0) is 0 Å². The van der Waals surface area contributed by atoms with Gasteiger partial charge in [0.25, 0.3) is 5.91 Å². The molecule has 1 aliphatic heterocycles. The number of hydrogen-bond donors (Lipinski definition) is 0. The number of amides is 1. The average Bonchev–Trinajstić information content (AvgIpc) is 2.67. The van der Waals surface area contributed by atoms with E-state index in [-0.39, 0.29) is 5.91 Å². The molecule has 3 rings (SSSR count). The van der Waals surface area contributed by atoms with E-state index in [4.69, 9.17) is 4.74 Å². The highest BCUT2D eigenvalue weighted by Crippen LogP contribution is 2.24. The molecule has 1 aliphatic rings. The fourth-order valence-corrected chi connectivity index (χ4v) is 3.60. The van der Waals surface area contributed by atoms with Gasteiger partial charge < -0.3 is 9.64 Å². The SMILES string of the molecule is CSc1ccc(C)c(C(=O)N2CCC(COc3ccccc3)CC2)c1. The second-order valence-corrected chi connectivity index (χ2v) is 7.42. The van der Waals surface area contributed by atoms with Crippen molar-refractivity contribution in [2.45, 2.75) is 24.7 Å². The first-order valence-electron chi connectivity index (χ1n) is 8.79. The fraction of sp³-hybridized carbons (Fsp3) is 0.381. The van der Waals surface area contributed by atoms with Crippen LogP contribution in [0, 0.1) is 12.8 Å². The second-order valence-electron chi connectivity index (χ2n) is 6.54. The number of likely N-dealkylation sites (tertiary alicyclic amines) is 1. The molecule has 0 bridgehead atoms. The molecule has 3 nitrogen and oxygen atoms in total. The lowest BCUT2D eigenvalue weighted by Crippen LogP contribution is -2.40. The van der Waals surface area contributed by atoms with Crippen molar-refractivity contribution in [1.82, 2.24) is 4.90 Å². The first-order valence-corrected chi connectivity index (χ1v) is 10.0. The zero-order valence-corrected chi connectivity index (χ0v) is 15.7. The van der Waals surface area contributed by atoms with Crippen molar-refractivity contribution in [1.29, 1.82) is 0 Å². The molecule has 25 heavy (non-hydrogen) atoms. The molecule has 0 aliphatic carbocycles. The third-order valence-electron chi connectivity index (χ3n) is 4.81. The Hall–Kier alpha value is -1.94. The Labute approximate surface area is 154 Å². The van der Waals surface area contributed by atoms with Crippen LogP contribution >= 0.6 is 11.8 Å². The summed E-state index contributed by atoms with van der Waals surface area (Å²) in [5.74, 6) is 1.60. The van der Waals surface area contributed by atoms with E-state index < -0.39 is 0 Å². The number of benzene rings is 2. The predicted octanol–water partition coefficient (Wildman–Crippen LogP) is 4.65. The molecule has 0 N–H and O–H groups in total. The normalized spacial score (nSPS) is 15.2. The van der Waals surface area contributed by atoms with Gasteiger partial charge in [-0.25, -0.2) is 0 Å². The summed E-state index contributed by atoms with van der Waals surface area (Å²) in [5, 5.41) is 0. The maximum atomic E-state index is 12.9. The highest BCUT2D eigenvalue weighted by molar-refractivity contribution is 7.98. The van der Waals surface area contributed by atoms with Crippen LogP contribution < -0.4 is 4.74 Å². The highest BCUT2D eigenvalue weighted by Gasteiger charge is 2.25. The Morgan fingerprint density at radius 3 is 2.56 bits per heavy atom. The molecule has 0 spiro atoms. The van der Waals surface area contributed by atoms with E-state index in [1.807, 2.05) is 60.5 Å². The van der Waals surface area contributed by atoms with Crippen LogP contribution in [-0.4, -0.2) is 36.8 Å². The van der Waals surface area contributed by atoms with Gasteiger partial charge in [0.05, 0.1) is 6.61 Å². The summed E-state index contributed by atoms with van der Waals surface area (Å²) in [6.45, 7) is 4.36. The van der Waals surface area contributed by atoms with Crippen LogP contribution in [0.25, 0.3) is 0 Å². The zero-order valence-electron chi connectivity index (χ0n) is 14.9. The average molecular weight is 356 g/mol. The third-order valence-corrected chi connectivity index (χ3v) is 5.53. The molecule has 1 saturated heterocycles. The van der Waals surface area contributed by atoms with Crippen LogP contribution in [0.15, 0.2) is 53.4 Å². The highest BCUT2D eigenvalue weighted by atomic mass is 32.2. The number of aryl methyl sites for hydroxylation is 1. The lowest BCUT2D eigenvalue weighted by Gasteiger charge is -2.32. The number of para-hydroxylation sites is 1. The number of rotatable bonds is 5. The Balaban J connectivity index is 1.54. The Bertz CT molecular complexity index is 709. The van der Waals surface area contributed by atoms with Crippen LogP contribution in [0.5, 0.6) is 5.75 Å². The van der Waals surface area contributed by atoms with Crippen LogP contribution in [0.3, 0.4) is 0 Å². The van der Waals surface area contributed by atoms with Crippen molar-refractivity contribution < 1.29 is 9.53 Å². The maximum absolute atomic E-state index is 12.9. The molecule has 0 radical (unpaired) electrons. The van der Waals surface area contributed by atoms with Crippen LogP contribution in [0.4, 0.5) is 0 Å². The van der Waals surface area contributed by atoms with E-state index >= 15 is 0 Å². The van der Waals surface area contributed by atoms with E-state index in [0.717, 1.165) is 54.3 Å². The molecular formula is C21H25NO2S. The van der Waals surface area contributed by atoms with E-state index in [0.29, 0.717) is 5.92 Å². The second kappa shape index (κ2) is 8.43. The smallest absolute Gasteiger partial charge is 0.254 e. The molecule has 4 heteroatoms. The van der Waals surface area contributed by atoms with Gasteiger partial charge in [-0.1, -0.05) is 24.3 Å². The minimum atomic E-state index is 0.163. The fourth-order valence-electron chi connectivity index (χ4n) is 3.16. The summed E-state index contributed by atoms with van der Waals surface area (Å²) in [7, 11) is 0. The van der Waals surface area contributed by atoms with Gasteiger partial charge in [-0.15, -0.1) is 11.8 Å². The van der Waals surface area contributed by atoms with Gasteiger partial charge in [0.1, 0.15) is 5.75 Å². The van der Waals surface area contributed by atoms with Crippen molar-refractivity contribution in [3.63, 3.8) is 0 Å². The number of ether oxygens (including phenoxy) is 1. The number of nitrogens with zero attached hydrogens (tertiary/aromatic N) is 1. The number of thioether (sulfide) groups is 1. The Morgan fingerprint density at radius 2 is 1.88 bits per heavy atom. The summed E-state index contributed by atoms with van der Waals surface area (Å²) in [4.78, 5) is 16.0. The Morgan fingerprint density at radius 1 is 1.16 bits per heavy atom. The standard InChI is InChI=1S/C21H25NO2S/c1-16-8-9-19(25-2)14-20(16)21(23)22-12-10-17(11-13-22)15-24-18-6-4-3-5-7-18/h3-9,14,17H,10-13,15H2,1-2H3. The molecule has 1 fully saturated rings. The van der Waals surface area contributed by atoms with Crippen molar-refractivity contribution >= 4 is 17.7 Å². The van der Waals surface area contributed by atoms with Gasteiger partial charge in [0.2, 0.25) is 0 Å². The minimum absolute atomic E-state index is 0.163. The maximum Gasteiger partial charge on any atom is 0.254 e. The largest absolute Gasteiger partial charge is 0.493 e. The van der Waals surface area contributed by atoms with E-state index in [2.05, 4.69) is 6.07 Å². The number of carbonyl (C=O) groups excluding carboxylic acids is 1. The summed E-state index contributed by atoms with van der Waals surface area (Å²) in [6, 6.07) is 16.1. The van der Waals surface area contributed by atoms with Gasteiger partial charge >= 0.3 is 0 Å². The summed E-state index contributed by atoms with van der Waals surface area (Å²) in [5.41, 5.74) is 1.89. The van der Waals surface area contributed by atoms with E-state index in [1.54, 1.807) is 11.8 Å². The zero-order chi connectivity index (χ0) is 17.6. The Kier molecular flexibility index (Phi) is 6.03. The topological polar surface area (TPSA) is 29.5 Å². The van der Waals surface area contributed by atoms with E-state index in [9.17, 15) is 4.79 Å². The van der Waals surface area contributed by atoms with Crippen molar-refractivity contribution in [3.05, 3.63) is 59.7 Å². The molecule has 0 saturated carbocycles. The van der Waals surface area contributed by atoms with Crippen LogP contribution in [0.1, 0.15) is 28.8 Å². The number of piperidine rings is 1. The first-order chi connectivity index (χ1) is 12.2. The molecular weight excluding hydrogens is 330 g/mol. The monoisotopic (exact) mass is 355 g/mol. The molecule has 1 heterocycles. The molecule has 0 atom stereocenters. The van der Waals surface area contributed by atoms with Crippen molar-refractivity contribution in [3.8, 4) is 5.75 Å². The van der Waals surface area contributed by atoms with Crippen LogP contribution in [0.2, 0.25) is 0 Å². The third kappa shape index (κ3) is 4.57. The molecule has 0 unspecified atom stereocenters. The lowest BCUT2D eigenvalue weighted by atomic mass is 9.96. The van der Waals surface area contributed by atoms with Crippen molar-refractivity contribution in [2.75, 3.05) is 26.0 Å². The van der Waals surface area contributed by atoms with Gasteiger partial charge in [-0.3, -0.25) is 4.79 Å². The van der Waals surface area contributed by atoms with Gasteiger partial charge in [0.15, 0.2) is 0 Å². The molecule has 0 aromatic heterocycles. The van der Waals surface area contributed by atoms with Gasteiger partial charge in [0, 0.05) is 23.5 Å². The summed E-state index contributed by atoms with van der Waals surface area (Å²) >= 11 is 1.67. The molecule has 132 valence electrons. The summed E-state index contributed by atoms with van der Waals surface area (Å²) < 4.78 is 5.87. The quantitative estimate of drug-likeness (QED) is 0.731. The summed E-state index contributed by atoms with van der Waals surface area (Å²) in [6.07, 6.45) is 4.04. The first kappa shape index (κ1) is 17.9. The molecule has 2 aromatic carbocycles. The number of carbonyl (C=O) groups is 1.